The molecule has 0 radical (unpaired) electrons. The van der Waals surface area contributed by atoms with Crippen LogP contribution in [0.4, 0.5) is 0 Å². The maximum absolute atomic E-state index is 6.62. The van der Waals surface area contributed by atoms with E-state index in [2.05, 4.69) is 282 Å². The van der Waals surface area contributed by atoms with Crippen molar-refractivity contribution in [2.24, 2.45) is 0 Å². The van der Waals surface area contributed by atoms with Gasteiger partial charge in [-0.15, -0.1) is 154 Å². The number of nitrogens with zero attached hydrogens (tertiary/aromatic N) is 3. The van der Waals surface area contributed by atoms with Crippen LogP contribution >= 0.6 is 260 Å². The minimum absolute atomic E-state index is 0.0336. The van der Waals surface area contributed by atoms with Crippen LogP contribution in [0.2, 0.25) is 0 Å². The molecule has 4 aromatic heterocycles. The summed E-state index contributed by atoms with van der Waals surface area (Å²) in [6.07, 6.45) is 0. The second-order valence-electron chi connectivity index (χ2n) is 20.7. The van der Waals surface area contributed by atoms with Gasteiger partial charge in [-0.1, -0.05) is 154 Å². The van der Waals surface area contributed by atoms with Crippen LogP contribution in [-0.2, 0) is 0 Å². The Morgan fingerprint density at radius 3 is 1.33 bits per heavy atom. The maximum atomic E-state index is 6.62. The Balaban J connectivity index is 0.000000234. The topological polar surface area (TPSA) is 65.0 Å². The summed E-state index contributed by atoms with van der Waals surface area (Å²) in [4.78, 5) is 15.4. The standard InChI is InChI=1S/C57H33N3O2S.H33P31/c1-3-12-34(13-4-1)35-22-24-37(25-23-35)56-58-55(36-14-5-2-6-15-36)59-57(60-56)43-18-11-20-49-54(43)46-31-39(26-28-48(46)61-49)44-32-40(33-50-53(44)42-17-7-9-19-47(42)62-50)38-27-29-52-45(30-38)41-16-8-10-21-51(41)63-52;1-17-25(16)29(24(14)15)31(28(22(10)11)23(12)13)30(26(18(2)3)19(4)5)27(20(6)7)21(8)9/h1-33H;17H,1-16H2. The first-order valence-electron chi connectivity index (χ1n) is 28.0. The molecule has 37 heteroatoms. The minimum Gasteiger partial charge on any atom is -0.456 e. The van der Waals surface area contributed by atoms with Gasteiger partial charge in [0, 0.05) is 58.4 Å². The first-order valence-corrected chi connectivity index (χ1v) is 84.7. The minimum atomic E-state index is -0.0589. The van der Waals surface area contributed by atoms with Crippen LogP contribution in [0, 0.1) is 0 Å². The van der Waals surface area contributed by atoms with Crippen LogP contribution in [0.5, 0.6) is 0 Å². The van der Waals surface area contributed by atoms with Crippen molar-refractivity contribution in [2.45, 2.75) is 0 Å². The van der Waals surface area contributed by atoms with Gasteiger partial charge < -0.3 is 8.83 Å². The van der Waals surface area contributed by atoms with Crippen molar-refractivity contribution in [3.8, 4) is 67.5 Å². The summed E-state index contributed by atoms with van der Waals surface area (Å²) >= 11 is 1.83. The number of aromatic nitrogens is 3. The molecule has 0 bridgehead atoms. The van der Waals surface area contributed by atoms with Crippen LogP contribution in [0.1, 0.15) is 0 Å². The number of fused-ring (bicyclic) bond motifs is 9. The summed E-state index contributed by atoms with van der Waals surface area (Å²) in [6.45, 7) is -0.107. The lowest BCUT2D eigenvalue weighted by Crippen LogP contribution is -2.00. The third-order valence-electron chi connectivity index (χ3n) is 14.7. The van der Waals surface area contributed by atoms with Crippen molar-refractivity contribution in [3.05, 3.63) is 200 Å². The molecule has 0 spiro atoms. The number of thiophene rings is 1. The SMILES string of the molecule is PPP(P)P(P(P)P)P(P(P(P)P)P(P)P)P(P(P(P)P)P(P)P)P(P(P)P)P(P)P.c1ccc(-c2ccc(-c3nc(-c4ccccc4)nc(-c4cccc5oc6ccc(-c7cc(-c8ccc9sc%10ccccc%10c9c8)cc8oc9ccccc9c78)cc6c45)n3)cc2)cc1. The highest BCUT2D eigenvalue weighted by atomic mass is 33.5. The summed E-state index contributed by atoms with van der Waals surface area (Å²) in [5, 5.41) is 6.62. The number of benzene rings is 9. The molecule has 20 unspecified atom stereocenters. The molecule has 4 heterocycles. The highest BCUT2D eigenvalue weighted by molar-refractivity contribution is 9.44. The molecule has 482 valence electrons. The van der Waals surface area contributed by atoms with E-state index in [-0.39, 0.29) is 97.8 Å². The van der Waals surface area contributed by atoms with Gasteiger partial charge in [-0.25, -0.2) is 15.0 Å². The van der Waals surface area contributed by atoms with Crippen LogP contribution in [0.3, 0.4) is 0 Å². The molecule has 5 nitrogen and oxygen atoms in total. The van der Waals surface area contributed by atoms with E-state index in [4.69, 9.17) is 23.8 Å². The molecule has 13 aromatic rings. The quantitative estimate of drug-likeness (QED) is 0.0712. The van der Waals surface area contributed by atoms with E-state index in [1.165, 1.54) is 20.2 Å². The molecular weight excluding hydrogens is 1750 g/mol. The Morgan fingerprint density at radius 1 is 0.287 bits per heavy atom. The van der Waals surface area contributed by atoms with Crippen LogP contribution in [0.15, 0.2) is 209 Å². The normalized spacial score (nSPS) is 13.6. The van der Waals surface area contributed by atoms with Gasteiger partial charge in [0.25, 0.3) is 0 Å². The number of para-hydroxylation sites is 1. The van der Waals surface area contributed by atoms with E-state index in [0.717, 1.165) is 102 Å². The fourth-order valence-corrected chi connectivity index (χ4v) is 419. The molecule has 0 saturated carbocycles. The third kappa shape index (κ3) is 18.0. The Labute approximate surface area is 609 Å². The molecule has 0 aliphatic heterocycles. The van der Waals surface area contributed by atoms with E-state index in [0.29, 0.717) is 17.5 Å². The lowest BCUT2D eigenvalue weighted by Gasteiger charge is -2.52. The molecular formula is C57H66N3O2P31S. The van der Waals surface area contributed by atoms with Gasteiger partial charge in [-0.05, 0) is 186 Å². The summed E-state index contributed by atoms with van der Waals surface area (Å²) in [7, 11) is 53.9. The zero-order valence-electron chi connectivity index (χ0n) is 49.6. The van der Waals surface area contributed by atoms with E-state index in [1.807, 2.05) is 72.0 Å². The van der Waals surface area contributed by atoms with E-state index in [1.54, 1.807) is 0 Å². The first kappa shape index (κ1) is 78.7. The Morgan fingerprint density at radius 2 is 0.723 bits per heavy atom. The van der Waals surface area contributed by atoms with Gasteiger partial charge in [0.2, 0.25) is 0 Å². The van der Waals surface area contributed by atoms with Crippen molar-refractivity contribution in [2.75, 3.05) is 0 Å². The molecule has 0 aliphatic carbocycles. The number of hydrogen-bond acceptors (Lipinski definition) is 6. The van der Waals surface area contributed by atoms with E-state index >= 15 is 0 Å². The molecule has 0 fully saturated rings. The summed E-state index contributed by atoms with van der Waals surface area (Å²) in [5.74, 6) is 1.78. The van der Waals surface area contributed by atoms with Gasteiger partial charge in [0.15, 0.2) is 17.5 Å². The zero-order chi connectivity index (χ0) is 66.2. The fourth-order valence-electron chi connectivity index (χ4n) is 10.8. The second kappa shape index (κ2) is 36.6. The van der Waals surface area contributed by atoms with Crippen molar-refractivity contribution < 1.29 is 8.83 Å². The first-order chi connectivity index (χ1) is 45.3. The Hall–Kier alpha value is 5.14. The molecule has 0 aliphatic rings. The number of rotatable bonds is 20. The highest BCUT2D eigenvalue weighted by Crippen LogP contribution is 3.39. The largest absolute Gasteiger partial charge is 0.456 e. The average Bonchev–Trinajstić information content (AvgIpc) is 1.56. The Bertz CT molecular complexity index is 4760. The number of hydrogen-bond donors (Lipinski definition) is 0. The van der Waals surface area contributed by atoms with Gasteiger partial charge >= 0.3 is 0 Å². The van der Waals surface area contributed by atoms with Gasteiger partial charge in [0.05, 0.1) is 0 Å². The molecule has 0 N–H and O–H groups in total. The summed E-state index contributed by atoms with van der Waals surface area (Å²) in [6, 6.07) is 69.8. The maximum Gasteiger partial charge on any atom is 0.164 e. The zero-order valence-corrected chi connectivity index (χ0v) is 82.4. The fraction of sp³-hybridized carbons (Fsp3) is 0. The molecule has 20 atom stereocenters. The monoisotopic (exact) mass is 1820 g/mol. The average molecular weight is 1820 g/mol. The van der Waals surface area contributed by atoms with E-state index in [9.17, 15) is 0 Å². The molecule has 0 saturated heterocycles. The molecule has 0 amide bonds. The van der Waals surface area contributed by atoms with Crippen LogP contribution in [0.25, 0.3) is 132 Å². The molecule has 13 rings (SSSR count). The van der Waals surface area contributed by atoms with Gasteiger partial charge in [-0.2, -0.15) is 0 Å². The van der Waals surface area contributed by atoms with Crippen molar-refractivity contribution in [3.63, 3.8) is 0 Å². The molecule has 9 aromatic carbocycles. The van der Waals surface area contributed by atoms with Gasteiger partial charge in [-0.3, -0.25) is 0 Å². The Kier molecular flexibility index (Phi) is 30.6. The van der Waals surface area contributed by atoms with Crippen molar-refractivity contribution in [1.29, 1.82) is 0 Å². The molecule has 94 heavy (non-hydrogen) atoms. The summed E-state index contributed by atoms with van der Waals surface area (Å²) in [5.41, 5.74) is 12.6. The lowest BCUT2D eigenvalue weighted by atomic mass is 9.93. The smallest absolute Gasteiger partial charge is 0.164 e. The highest BCUT2D eigenvalue weighted by Gasteiger charge is 2.51. The predicted molar refractivity (Wildman–Crippen MR) is 520 cm³/mol. The van der Waals surface area contributed by atoms with Gasteiger partial charge in [0.1, 0.15) is 22.3 Å². The van der Waals surface area contributed by atoms with Crippen molar-refractivity contribution in [1.82, 2.24) is 15.0 Å². The van der Waals surface area contributed by atoms with E-state index < -0.39 is 0 Å². The van der Waals surface area contributed by atoms with Crippen LogP contribution in [-0.4, -0.2) is 15.0 Å². The second-order valence-corrected chi connectivity index (χ2v) is 145. The third-order valence-corrected chi connectivity index (χ3v) is 222. The number of furan rings is 2. The predicted octanol–water partition coefficient (Wildman–Crippen LogP) is 33.9. The van der Waals surface area contributed by atoms with Crippen molar-refractivity contribution >= 4 is 324 Å². The summed E-state index contributed by atoms with van der Waals surface area (Å²) < 4.78 is 15.8. The van der Waals surface area contributed by atoms with Crippen LogP contribution < -0.4 is 0 Å². The lowest BCUT2D eigenvalue weighted by molar-refractivity contribution is 0.669.